The molecule has 26 heavy (non-hydrogen) atoms. The molecule has 2 fully saturated rings. The highest BCUT2D eigenvalue weighted by Crippen LogP contribution is 2.34. The van der Waals surface area contributed by atoms with Crippen LogP contribution in [-0.2, 0) is 14.8 Å². The molecule has 3 rings (SSSR count). The Morgan fingerprint density at radius 2 is 1.85 bits per heavy atom. The molecule has 1 aliphatic carbocycles. The maximum atomic E-state index is 12.5. The molecule has 1 saturated carbocycles. The third-order valence-corrected chi connectivity index (χ3v) is 6.40. The molecule has 1 aliphatic heterocycles. The van der Waals surface area contributed by atoms with Crippen LogP contribution >= 0.6 is 0 Å². The molecule has 1 aromatic rings. The fourth-order valence-electron chi connectivity index (χ4n) is 3.48. The Morgan fingerprint density at radius 3 is 2.46 bits per heavy atom. The van der Waals surface area contributed by atoms with Gasteiger partial charge in [0.05, 0.1) is 12.0 Å². The van der Waals surface area contributed by atoms with Crippen molar-refractivity contribution < 1.29 is 22.7 Å². The van der Waals surface area contributed by atoms with Crippen LogP contribution < -0.4 is 14.8 Å². The smallest absolute Gasteiger partial charge is 0.325 e. The van der Waals surface area contributed by atoms with Crippen LogP contribution in [0.2, 0.25) is 0 Å². The van der Waals surface area contributed by atoms with Crippen molar-refractivity contribution >= 4 is 22.0 Å². The highest BCUT2D eigenvalue weighted by molar-refractivity contribution is 7.89. The first-order valence-electron chi connectivity index (χ1n) is 8.66. The summed E-state index contributed by atoms with van der Waals surface area (Å²) in [5.74, 6) is 0.390. The number of amides is 3. The van der Waals surface area contributed by atoms with Crippen LogP contribution in [0.15, 0.2) is 29.2 Å². The Bertz CT molecular complexity index is 785. The lowest BCUT2D eigenvalue weighted by molar-refractivity contribution is -0.131. The van der Waals surface area contributed by atoms with Crippen LogP contribution in [0.1, 0.15) is 32.1 Å². The Kier molecular flexibility index (Phi) is 5.19. The van der Waals surface area contributed by atoms with Gasteiger partial charge in [-0.05, 0) is 43.5 Å². The van der Waals surface area contributed by atoms with Crippen LogP contribution in [0.25, 0.3) is 0 Å². The second-order valence-electron chi connectivity index (χ2n) is 6.60. The van der Waals surface area contributed by atoms with Gasteiger partial charge in [-0.3, -0.25) is 9.69 Å². The van der Waals surface area contributed by atoms with E-state index in [1.807, 2.05) is 0 Å². The van der Waals surface area contributed by atoms with Gasteiger partial charge in [0.25, 0.3) is 5.91 Å². The van der Waals surface area contributed by atoms with Gasteiger partial charge in [-0.1, -0.05) is 12.8 Å². The van der Waals surface area contributed by atoms with E-state index in [2.05, 4.69) is 10.0 Å². The number of sulfonamides is 1. The van der Waals surface area contributed by atoms with Crippen LogP contribution in [0.5, 0.6) is 5.75 Å². The molecule has 0 radical (unpaired) electrons. The molecule has 0 unspecified atom stereocenters. The van der Waals surface area contributed by atoms with Gasteiger partial charge in [0.1, 0.15) is 11.3 Å². The number of carbonyl (C=O) groups is 2. The lowest BCUT2D eigenvalue weighted by atomic mass is 9.98. The van der Waals surface area contributed by atoms with Crippen LogP contribution in [0.4, 0.5) is 4.79 Å². The number of rotatable bonds is 7. The van der Waals surface area contributed by atoms with Crippen molar-refractivity contribution in [2.75, 3.05) is 20.2 Å². The molecule has 2 aliphatic rings. The van der Waals surface area contributed by atoms with E-state index in [-0.39, 0.29) is 29.9 Å². The molecular formula is C17H23N3O5S. The van der Waals surface area contributed by atoms with Gasteiger partial charge in [0, 0.05) is 13.1 Å². The maximum absolute atomic E-state index is 12.5. The van der Waals surface area contributed by atoms with Crippen LogP contribution in [-0.4, -0.2) is 51.0 Å². The molecule has 3 amide bonds. The lowest BCUT2D eigenvalue weighted by Crippen LogP contribution is -2.44. The van der Waals surface area contributed by atoms with Gasteiger partial charge in [-0.25, -0.2) is 17.9 Å². The predicted molar refractivity (Wildman–Crippen MR) is 94.2 cm³/mol. The molecule has 0 bridgehead atoms. The number of urea groups is 1. The highest BCUT2D eigenvalue weighted by atomic mass is 32.2. The van der Waals surface area contributed by atoms with Crippen molar-refractivity contribution in [3.05, 3.63) is 24.3 Å². The van der Waals surface area contributed by atoms with Crippen LogP contribution in [0.3, 0.4) is 0 Å². The standard InChI is InChI=1S/C17H23N3O5S/c1-25-13-5-7-14(8-6-13)26(23,24)18-11-4-12-20-15(21)17(19-16(20)22)9-2-3-10-17/h5-8,18H,2-4,9-12H2,1H3,(H,19,22). The summed E-state index contributed by atoms with van der Waals surface area (Å²) in [7, 11) is -2.13. The third kappa shape index (κ3) is 3.54. The molecule has 142 valence electrons. The SMILES string of the molecule is COc1ccc(S(=O)(=O)NCCCN2C(=O)NC3(CCCC3)C2=O)cc1. The van der Waals surface area contributed by atoms with Gasteiger partial charge in [-0.15, -0.1) is 0 Å². The summed E-state index contributed by atoms with van der Waals surface area (Å²) in [6.45, 7) is 0.329. The van der Waals surface area contributed by atoms with E-state index < -0.39 is 15.6 Å². The van der Waals surface area contributed by atoms with Crippen molar-refractivity contribution in [1.82, 2.24) is 14.9 Å². The molecule has 0 aromatic heterocycles. The van der Waals surface area contributed by atoms with Crippen molar-refractivity contribution in [1.29, 1.82) is 0 Å². The lowest BCUT2D eigenvalue weighted by Gasteiger charge is -2.20. The predicted octanol–water partition coefficient (Wildman–Crippen LogP) is 1.23. The minimum Gasteiger partial charge on any atom is -0.497 e. The number of benzene rings is 1. The number of carbonyl (C=O) groups excluding carboxylic acids is 2. The van der Waals surface area contributed by atoms with Crippen molar-refractivity contribution in [3.63, 3.8) is 0 Å². The summed E-state index contributed by atoms with van der Waals surface area (Å²) in [6.07, 6.45) is 3.57. The first-order chi connectivity index (χ1) is 12.4. The summed E-state index contributed by atoms with van der Waals surface area (Å²) >= 11 is 0. The number of hydrogen-bond donors (Lipinski definition) is 2. The zero-order valence-electron chi connectivity index (χ0n) is 14.7. The molecule has 1 spiro atoms. The zero-order valence-corrected chi connectivity index (χ0v) is 15.5. The minimum atomic E-state index is -3.64. The minimum absolute atomic E-state index is 0.137. The first-order valence-corrected chi connectivity index (χ1v) is 10.1. The Labute approximate surface area is 152 Å². The maximum Gasteiger partial charge on any atom is 0.325 e. The van der Waals surface area contributed by atoms with Crippen molar-refractivity contribution in [3.8, 4) is 5.75 Å². The number of hydrogen-bond acceptors (Lipinski definition) is 5. The van der Waals surface area contributed by atoms with Crippen LogP contribution in [0, 0.1) is 0 Å². The zero-order chi connectivity index (χ0) is 18.8. The quantitative estimate of drug-likeness (QED) is 0.546. The van der Waals surface area contributed by atoms with Gasteiger partial charge < -0.3 is 10.1 Å². The number of imide groups is 1. The molecule has 9 heteroatoms. The van der Waals surface area contributed by atoms with Gasteiger partial charge in [-0.2, -0.15) is 0 Å². The molecule has 1 saturated heterocycles. The number of nitrogens with zero attached hydrogens (tertiary/aromatic N) is 1. The second-order valence-corrected chi connectivity index (χ2v) is 8.37. The monoisotopic (exact) mass is 381 g/mol. The third-order valence-electron chi connectivity index (χ3n) is 4.92. The summed E-state index contributed by atoms with van der Waals surface area (Å²) in [5.41, 5.74) is -0.723. The highest BCUT2D eigenvalue weighted by Gasteiger charge is 2.51. The largest absolute Gasteiger partial charge is 0.497 e. The Morgan fingerprint density at radius 1 is 1.19 bits per heavy atom. The summed E-state index contributed by atoms with van der Waals surface area (Å²) in [5, 5.41) is 2.81. The van der Waals surface area contributed by atoms with Gasteiger partial charge in [0.2, 0.25) is 10.0 Å². The van der Waals surface area contributed by atoms with Crippen molar-refractivity contribution in [2.45, 2.75) is 42.5 Å². The van der Waals surface area contributed by atoms with E-state index in [1.54, 1.807) is 12.1 Å². The fourth-order valence-corrected chi connectivity index (χ4v) is 4.55. The summed E-state index contributed by atoms with van der Waals surface area (Å²) in [4.78, 5) is 25.9. The Balaban J connectivity index is 1.52. The van der Waals surface area contributed by atoms with E-state index in [9.17, 15) is 18.0 Å². The first kappa shape index (κ1) is 18.7. The molecule has 2 N–H and O–H groups in total. The average Bonchev–Trinajstić information content (AvgIpc) is 3.18. The van der Waals surface area contributed by atoms with E-state index in [4.69, 9.17) is 4.74 Å². The number of nitrogens with one attached hydrogen (secondary N) is 2. The summed E-state index contributed by atoms with van der Waals surface area (Å²) in [6, 6.07) is 5.69. The molecule has 1 aromatic carbocycles. The topological polar surface area (TPSA) is 105 Å². The molecule has 1 heterocycles. The normalized spacial score (nSPS) is 19.2. The molecular weight excluding hydrogens is 358 g/mol. The van der Waals surface area contributed by atoms with E-state index >= 15 is 0 Å². The number of methoxy groups -OCH3 is 1. The van der Waals surface area contributed by atoms with Crippen molar-refractivity contribution in [2.24, 2.45) is 0 Å². The summed E-state index contributed by atoms with van der Waals surface area (Å²) < 4.78 is 32.0. The average molecular weight is 381 g/mol. The second kappa shape index (κ2) is 7.24. The van der Waals surface area contributed by atoms with Gasteiger partial charge in [0.15, 0.2) is 0 Å². The van der Waals surface area contributed by atoms with Gasteiger partial charge >= 0.3 is 6.03 Å². The van der Waals surface area contributed by atoms with E-state index in [0.717, 1.165) is 12.8 Å². The van der Waals surface area contributed by atoms with E-state index in [1.165, 1.54) is 24.1 Å². The fraction of sp³-hybridized carbons (Fsp3) is 0.529. The molecule has 8 nitrogen and oxygen atoms in total. The molecule has 0 atom stereocenters. The number of ether oxygens (including phenoxy) is 1. The Hall–Kier alpha value is -2.13. The van der Waals surface area contributed by atoms with E-state index in [0.29, 0.717) is 25.0 Å².